The second kappa shape index (κ2) is 9.38. The van der Waals surface area contributed by atoms with Crippen LogP contribution in [0.5, 0.6) is 5.75 Å². The molecule has 190 valence electrons. The molecule has 0 saturated heterocycles. The third-order valence-electron chi connectivity index (χ3n) is 6.22. The van der Waals surface area contributed by atoms with Gasteiger partial charge in [0.15, 0.2) is 5.43 Å². The number of amides is 1. The Labute approximate surface area is 208 Å². The summed E-state index contributed by atoms with van der Waals surface area (Å²) in [6.07, 6.45) is -2.92. The molecule has 1 atom stereocenters. The lowest BCUT2D eigenvalue weighted by Gasteiger charge is -2.26. The van der Waals surface area contributed by atoms with E-state index in [0.29, 0.717) is 17.9 Å². The van der Waals surface area contributed by atoms with Gasteiger partial charge in [-0.1, -0.05) is 31.5 Å². The summed E-state index contributed by atoms with van der Waals surface area (Å²) in [4.78, 5) is 28.3. The molecule has 5 nitrogen and oxygen atoms in total. The highest BCUT2D eigenvalue weighted by Crippen LogP contribution is 2.43. The first-order valence-corrected chi connectivity index (χ1v) is 11.7. The largest absolute Gasteiger partial charge is 0.494 e. The summed E-state index contributed by atoms with van der Waals surface area (Å²) in [5, 5.41) is -0.0715. The van der Waals surface area contributed by atoms with Crippen LogP contribution in [0.2, 0.25) is 0 Å². The number of alkyl halides is 3. The van der Waals surface area contributed by atoms with Crippen LogP contribution >= 0.6 is 0 Å². The summed E-state index contributed by atoms with van der Waals surface area (Å²) in [6, 6.07) is 13.2. The number of hydrogen-bond donors (Lipinski definition) is 0. The van der Waals surface area contributed by atoms with E-state index in [4.69, 9.17) is 9.15 Å². The van der Waals surface area contributed by atoms with Crippen LogP contribution in [0.4, 0.5) is 23.2 Å². The smallest absolute Gasteiger partial charge is 0.416 e. The summed E-state index contributed by atoms with van der Waals surface area (Å²) in [5.41, 5.74) is -1.30. The van der Waals surface area contributed by atoms with Gasteiger partial charge < -0.3 is 9.15 Å². The molecule has 9 heteroatoms. The fraction of sp³-hybridized carbons (Fsp3) is 0.214. The Balaban J connectivity index is 1.73. The van der Waals surface area contributed by atoms with Crippen molar-refractivity contribution in [1.82, 2.24) is 0 Å². The molecule has 1 aliphatic rings. The van der Waals surface area contributed by atoms with Crippen molar-refractivity contribution < 1.29 is 31.5 Å². The van der Waals surface area contributed by atoms with E-state index in [2.05, 4.69) is 0 Å². The average molecular weight is 511 g/mol. The monoisotopic (exact) mass is 511 g/mol. The van der Waals surface area contributed by atoms with Crippen molar-refractivity contribution in [2.45, 2.75) is 32.0 Å². The quantitative estimate of drug-likeness (QED) is 0.209. The van der Waals surface area contributed by atoms with Crippen molar-refractivity contribution in [3.8, 4) is 5.75 Å². The van der Waals surface area contributed by atoms with Crippen LogP contribution in [0, 0.1) is 5.82 Å². The lowest BCUT2D eigenvalue weighted by atomic mass is 9.98. The zero-order valence-corrected chi connectivity index (χ0v) is 19.6. The third-order valence-corrected chi connectivity index (χ3v) is 6.22. The second-order valence-electron chi connectivity index (χ2n) is 8.71. The SMILES string of the molecule is CCCCOc1cccc(C2c3c(oc4ccc(F)cc4c3=O)C(=O)N2c2cccc(C(F)(F)F)c2)c1. The van der Waals surface area contributed by atoms with Gasteiger partial charge in [0.1, 0.15) is 17.1 Å². The maximum Gasteiger partial charge on any atom is 0.416 e. The molecule has 37 heavy (non-hydrogen) atoms. The van der Waals surface area contributed by atoms with Crippen LogP contribution in [-0.4, -0.2) is 12.5 Å². The van der Waals surface area contributed by atoms with Gasteiger partial charge in [0.25, 0.3) is 5.91 Å². The van der Waals surface area contributed by atoms with Gasteiger partial charge in [-0.25, -0.2) is 4.39 Å². The molecule has 1 unspecified atom stereocenters. The zero-order chi connectivity index (χ0) is 26.3. The average Bonchev–Trinajstić information content (AvgIpc) is 3.17. The normalized spacial score (nSPS) is 15.3. The minimum absolute atomic E-state index is 0.000193. The highest BCUT2D eigenvalue weighted by atomic mass is 19.4. The number of halogens is 4. The maximum absolute atomic E-state index is 14.0. The molecule has 0 N–H and O–H groups in total. The Morgan fingerprint density at radius 1 is 1.00 bits per heavy atom. The number of rotatable bonds is 6. The van der Waals surface area contributed by atoms with E-state index in [0.717, 1.165) is 42.0 Å². The van der Waals surface area contributed by atoms with E-state index < -0.39 is 34.9 Å². The van der Waals surface area contributed by atoms with Crippen molar-refractivity contribution >= 4 is 22.6 Å². The van der Waals surface area contributed by atoms with Crippen LogP contribution < -0.4 is 15.1 Å². The van der Waals surface area contributed by atoms with E-state index in [9.17, 15) is 27.2 Å². The van der Waals surface area contributed by atoms with E-state index >= 15 is 0 Å². The number of anilines is 1. The lowest BCUT2D eigenvalue weighted by Crippen LogP contribution is -2.29. The fourth-order valence-electron chi connectivity index (χ4n) is 4.47. The molecule has 1 amide bonds. The van der Waals surface area contributed by atoms with Crippen molar-refractivity contribution in [2.24, 2.45) is 0 Å². The van der Waals surface area contributed by atoms with Gasteiger partial charge in [-0.15, -0.1) is 0 Å². The molecular formula is C28H21F4NO4. The van der Waals surface area contributed by atoms with Crippen LogP contribution in [0.3, 0.4) is 0 Å². The molecule has 0 bridgehead atoms. The number of nitrogens with zero attached hydrogens (tertiary/aromatic N) is 1. The van der Waals surface area contributed by atoms with Gasteiger partial charge >= 0.3 is 6.18 Å². The number of carbonyl (C=O) groups excluding carboxylic acids is 1. The van der Waals surface area contributed by atoms with Gasteiger partial charge in [-0.3, -0.25) is 14.5 Å². The van der Waals surface area contributed by atoms with Gasteiger partial charge in [0.2, 0.25) is 5.76 Å². The Morgan fingerprint density at radius 2 is 1.78 bits per heavy atom. The topological polar surface area (TPSA) is 59.8 Å². The first kappa shape index (κ1) is 24.5. The fourth-order valence-corrected chi connectivity index (χ4v) is 4.47. The second-order valence-corrected chi connectivity index (χ2v) is 8.71. The van der Waals surface area contributed by atoms with Crippen molar-refractivity contribution in [1.29, 1.82) is 0 Å². The van der Waals surface area contributed by atoms with Crippen LogP contribution in [0.25, 0.3) is 11.0 Å². The number of benzene rings is 3. The predicted molar refractivity (Wildman–Crippen MR) is 129 cm³/mol. The summed E-state index contributed by atoms with van der Waals surface area (Å²) < 4.78 is 66.0. The Bertz CT molecular complexity index is 1560. The summed E-state index contributed by atoms with van der Waals surface area (Å²) in [6.45, 7) is 2.46. The first-order valence-electron chi connectivity index (χ1n) is 11.7. The van der Waals surface area contributed by atoms with Crippen LogP contribution in [0.1, 0.15) is 53.1 Å². The van der Waals surface area contributed by atoms with E-state index in [1.165, 1.54) is 18.2 Å². The molecule has 3 aromatic carbocycles. The molecule has 0 aliphatic carbocycles. The molecule has 4 aromatic rings. The molecule has 0 fully saturated rings. The highest BCUT2D eigenvalue weighted by Gasteiger charge is 2.44. The maximum atomic E-state index is 14.0. The molecule has 0 spiro atoms. The van der Waals surface area contributed by atoms with Crippen LogP contribution in [0.15, 0.2) is 75.9 Å². The van der Waals surface area contributed by atoms with Gasteiger partial charge in [0, 0.05) is 5.69 Å². The van der Waals surface area contributed by atoms with E-state index in [1.54, 1.807) is 24.3 Å². The minimum Gasteiger partial charge on any atom is -0.494 e. The Morgan fingerprint density at radius 3 is 2.54 bits per heavy atom. The predicted octanol–water partition coefficient (Wildman–Crippen LogP) is 6.88. The van der Waals surface area contributed by atoms with Crippen molar-refractivity contribution in [3.63, 3.8) is 0 Å². The first-order chi connectivity index (χ1) is 17.7. The molecule has 1 aliphatic heterocycles. The zero-order valence-electron chi connectivity index (χ0n) is 19.6. The summed E-state index contributed by atoms with van der Waals surface area (Å²) >= 11 is 0. The highest BCUT2D eigenvalue weighted by molar-refractivity contribution is 6.10. The van der Waals surface area contributed by atoms with Crippen LogP contribution in [-0.2, 0) is 6.18 Å². The summed E-state index contributed by atoms with van der Waals surface area (Å²) in [7, 11) is 0. The standard InChI is InChI=1S/C28H21F4NO4/c1-2-3-12-36-20-9-4-6-16(13-20)24-23-25(34)21-15-18(29)10-11-22(21)37-26(23)27(35)33(24)19-8-5-7-17(14-19)28(30,31)32/h4-11,13-15,24H,2-3,12H2,1H3. The van der Waals surface area contributed by atoms with Crippen molar-refractivity contribution in [2.75, 3.05) is 11.5 Å². The third kappa shape index (κ3) is 4.45. The van der Waals surface area contributed by atoms with Crippen molar-refractivity contribution in [3.05, 3.63) is 105 Å². The molecular weight excluding hydrogens is 490 g/mol. The lowest BCUT2D eigenvalue weighted by molar-refractivity contribution is -0.137. The Kier molecular flexibility index (Phi) is 6.23. The Hall–Kier alpha value is -4.14. The number of carbonyl (C=O) groups is 1. The minimum atomic E-state index is -4.64. The van der Waals surface area contributed by atoms with Gasteiger partial charge in [0.05, 0.1) is 29.2 Å². The van der Waals surface area contributed by atoms with E-state index in [1.807, 2.05) is 6.92 Å². The number of hydrogen-bond acceptors (Lipinski definition) is 4. The number of ether oxygens (including phenoxy) is 1. The molecule has 0 radical (unpaired) electrons. The molecule has 2 heterocycles. The van der Waals surface area contributed by atoms with E-state index in [-0.39, 0.29) is 28.0 Å². The molecule has 1 aromatic heterocycles. The van der Waals surface area contributed by atoms with Gasteiger partial charge in [-0.05, 0) is 60.5 Å². The number of fused-ring (bicyclic) bond motifs is 2. The summed E-state index contributed by atoms with van der Waals surface area (Å²) in [5.74, 6) is -1.27. The molecule has 0 saturated carbocycles. The molecule has 5 rings (SSSR count). The number of unbranched alkanes of at least 4 members (excludes halogenated alkanes) is 1. The van der Waals surface area contributed by atoms with Gasteiger partial charge in [-0.2, -0.15) is 13.2 Å².